The molecule has 0 aliphatic rings. The number of nitrogens with one attached hydrogen (secondary N) is 1. The molecule has 3 heterocycles. The Labute approximate surface area is 154 Å². The van der Waals surface area contributed by atoms with Gasteiger partial charge in [0.15, 0.2) is 16.9 Å². The van der Waals surface area contributed by atoms with Crippen molar-refractivity contribution < 1.29 is 9.59 Å². The molecule has 1 unspecified atom stereocenters. The van der Waals surface area contributed by atoms with Crippen LogP contribution in [0.2, 0.25) is 0 Å². The van der Waals surface area contributed by atoms with Gasteiger partial charge in [0.2, 0.25) is 5.78 Å². The zero-order valence-corrected chi connectivity index (χ0v) is 16.1. The second-order valence-corrected chi connectivity index (χ2v) is 6.75. The number of aromatic amines is 1. The molecule has 3 aromatic heterocycles. The number of carbonyl (C=O) groups is 2. The summed E-state index contributed by atoms with van der Waals surface area (Å²) in [6, 6.07) is -0.753. The average Bonchev–Trinajstić information content (AvgIpc) is 3.18. The highest BCUT2D eigenvalue weighted by Gasteiger charge is 2.27. The Morgan fingerprint density at radius 3 is 2.33 bits per heavy atom. The molecule has 1 N–H and O–H groups in total. The molecule has 0 saturated carbocycles. The van der Waals surface area contributed by atoms with Crippen LogP contribution in [0.5, 0.6) is 0 Å². The fraction of sp³-hybridized carbons (Fsp3) is 0.389. The van der Waals surface area contributed by atoms with E-state index in [1.165, 1.54) is 36.5 Å². The van der Waals surface area contributed by atoms with E-state index in [0.717, 1.165) is 4.57 Å². The predicted octanol–water partition coefficient (Wildman–Crippen LogP) is 1.03. The zero-order valence-electron chi connectivity index (χ0n) is 16.1. The first kappa shape index (κ1) is 18.6. The zero-order chi connectivity index (χ0) is 20.2. The minimum atomic E-state index is -0.753. The minimum absolute atomic E-state index is 0.120. The molecule has 0 aromatic carbocycles. The monoisotopic (exact) mass is 371 g/mol. The molecule has 142 valence electrons. The number of aryl methyl sites for hydroxylation is 2. The maximum atomic E-state index is 13.1. The van der Waals surface area contributed by atoms with Gasteiger partial charge in [-0.3, -0.25) is 23.5 Å². The highest BCUT2D eigenvalue weighted by atomic mass is 16.2. The van der Waals surface area contributed by atoms with Gasteiger partial charge in [-0.25, -0.2) is 9.78 Å². The van der Waals surface area contributed by atoms with E-state index in [9.17, 15) is 19.2 Å². The van der Waals surface area contributed by atoms with Crippen molar-refractivity contribution in [3.05, 3.63) is 49.7 Å². The van der Waals surface area contributed by atoms with Gasteiger partial charge >= 0.3 is 5.69 Å². The van der Waals surface area contributed by atoms with Crippen LogP contribution in [0.1, 0.15) is 52.0 Å². The first-order chi connectivity index (χ1) is 12.6. The highest BCUT2D eigenvalue weighted by molar-refractivity contribution is 6.04. The van der Waals surface area contributed by atoms with Gasteiger partial charge in [-0.2, -0.15) is 0 Å². The van der Waals surface area contributed by atoms with Crippen LogP contribution in [0.25, 0.3) is 11.2 Å². The first-order valence-electron chi connectivity index (χ1n) is 8.44. The smallest absolute Gasteiger partial charge is 0.332 e. The molecule has 9 heteroatoms. The van der Waals surface area contributed by atoms with Crippen LogP contribution in [-0.4, -0.2) is 35.2 Å². The number of rotatable bonds is 4. The van der Waals surface area contributed by atoms with E-state index in [1.807, 2.05) is 0 Å². The molecule has 0 spiro atoms. The largest absolute Gasteiger partial charge is 0.355 e. The summed E-state index contributed by atoms with van der Waals surface area (Å²) >= 11 is 0. The molecule has 0 aliphatic carbocycles. The van der Waals surface area contributed by atoms with Crippen LogP contribution < -0.4 is 11.2 Å². The van der Waals surface area contributed by atoms with Crippen molar-refractivity contribution in [1.82, 2.24) is 23.7 Å². The number of Topliss-reactive ketones (excluding diaryl/α,β-unsaturated/α-hetero) is 2. The Balaban J connectivity index is 2.18. The number of hydrogen-bond acceptors (Lipinski definition) is 5. The highest BCUT2D eigenvalue weighted by Crippen LogP contribution is 2.24. The second-order valence-electron chi connectivity index (χ2n) is 6.75. The van der Waals surface area contributed by atoms with Crippen molar-refractivity contribution >= 4 is 22.7 Å². The van der Waals surface area contributed by atoms with Crippen molar-refractivity contribution in [2.75, 3.05) is 0 Å². The third kappa shape index (κ3) is 2.57. The van der Waals surface area contributed by atoms with E-state index in [2.05, 4.69) is 9.97 Å². The number of hydrogen-bond donors (Lipinski definition) is 1. The Morgan fingerprint density at radius 1 is 1.15 bits per heavy atom. The third-order valence-electron chi connectivity index (χ3n) is 5.01. The lowest BCUT2D eigenvalue weighted by molar-refractivity contribution is 0.0931. The number of ketones is 2. The lowest BCUT2D eigenvalue weighted by Gasteiger charge is -2.13. The van der Waals surface area contributed by atoms with Crippen molar-refractivity contribution in [3.8, 4) is 0 Å². The summed E-state index contributed by atoms with van der Waals surface area (Å²) in [5.74, 6) is -0.400. The van der Waals surface area contributed by atoms with Crippen LogP contribution in [-0.2, 0) is 14.1 Å². The normalized spacial score (nSPS) is 12.5. The molecule has 3 aromatic rings. The van der Waals surface area contributed by atoms with Gasteiger partial charge in [-0.1, -0.05) is 0 Å². The van der Waals surface area contributed by atoms with Crippen molar-refractivity contribution in [2.45, 2.75) is 33.7 Å². The van der Waals surface area contributed by atoms with Gasteiger partial charge in [-0.05, 0) is 33.3 Å². The number of fused-ring (bicyclic) bond motifs is 1. The SMILES string of the molecule is CC(=O)c1c(C)[nH]c(C(=O)C(C)n2cnc3c2c(=O)n(C)c(=O)n3C)c1C. The Morgan fingerprint density at radius 2 is 1.78 bits per heavy atom. The molecule has 0 fully saturated rings. The van der Waals surface area contributed by atoms with Crippen LogP contribution in [0, 0.1) is 13.8 Å². The number of H-pyrrole nitrogens is 1. The summed E-state index contributed by atoms with van der Waals surface area (Å²) in [6.45, 7) is 6.56. The van der Waals surface area contributed by atoms with Crippen molar-refractivity contribution in [3.63, 3.8) is 0 Å². The van der Waals surface area contributed by atoms with E-state index in [-0.39, 0.29) is 22.7 Å². The van der Waals surface area contributed by atoms with Crippen LogP contribution in [0.3, 0.4) is 0 Å². The lowest BCUT2D eigenvalue weighted by Crippen LogP contribution is -2.38. The fourth-order valence-corrected chi connectivity index (χ4v) is 3.52. The van der Waals surface area contributed by atoms with Gasteiger partial charge < -0.3 is 9.55 Å². The number of aromatic nitrogens is 5. The Bertz CT molecular complexity index is 1220. The fourth-order valence-electron chi connectivity index (χ4n) is 3.52. The lowest BCUT2D eigenvalue weighted by atomic mass is 10.0. The van der Waals surface area contributed by atoms with E-state index in [0.29, 0.717) is 22.5 Å². The quantitative estimate of drug-likeness (QED) is 0.688. The summed E-state index contributed by atoms with van der Waals surface area (Å²) in [7, 11) is 2.90. The van der Waals surface area contributed by atoms with Crippen LogP contribution >= 0.6 is 0 Å². The van der Waals surface area contributed by atoms with Gasteiger partial charge in [-0.15, -0.1) is 0 Å². The summed E-state index contributed by atoms with van der Waals surface area (Å²) in [6.07, 6.45) is 1.38. The summed E-state index contributed by atoms with van der Waals surface area (Å²) in [5, 5.41) is 0. The standard InChI is InChI=1S/C18H21N5O4/c1-8-12(11(4)24)9(2)20-13(8)15(25)10(3)23-7-19-16-14(23)17(26)22(6)18(27)21(16)5/h7,10,20H,1-6H3. The van der Waals surface area contributed by atoms with E-state index in [4.69, 9.17) is 0 Å². The van der Waals surface area contributed by atoms with E-state index < -0.39 is 17.3 Å². The van der Waals surface area contributed by atoms with E-state index in [1.54, 1.807) is 20.8 Å². The van der Waals surface area contributed by atoms with E-state index >= 15 is 0 Å². The van der Waals surface area contributed by atoms with Crippen LogP contribution in [0.4, 0.5) is 0 Å². The Hall–Kier alpha value is -3.23. The van der Waals surface area contributed by atoms with Crippen molar-refractivity contribution in [2.24, 2.45) is 14.1 Å². The first-order valence-corrected chi connectivity index (χ1v) is 8.44. The number of imidazole rings is 1. The molecule has 0 radical (unpaired) electrons. The molecule has 0 amide bonds. The van der Waals surface area contributed by atoms with Gasteiger partial charge in [0.1, 0.15) is 0 Å². The maximum Gasteiger partial charge on any atom is 0.332 e. The van der Waals surface area contributed by atoms with Crippen molar-refractivity contribution in [1.29, 1.82) is 0 Å². The Kier molecular flexibility index (Phi) is 4.25. The van der Waals surface area contributed by atoms with Gasteiger partial charge in [0, 0.05) is 25.4 Å². The topological polar surface area (TPSA) is 112 Å². The molecular formula is C18H21N5O4. The summed E-state index contributed by atoms with van der Waals surface area (Å²) in [5.41, 5.74) is 1.42. The molecule has 0 aliphatic heterocycles. The summed E-state index contributed by atoms with van der Waals surface area (Å²) in [4.78, 5) is 56.7. The average molecular weight is 371 g/mol. The molecule has 0 saturated heterocycles. The van der Waals surface area contributed by atoms with Gasteiger partial charge in [0.05, 0.1) is 18.1 Å². The van der Waals surface area contributed by atoms with Crippen LogP contribution in [0.15, 0.2) is 15.9 Å². The predicted molar refractivity (Wildman–Crippen MR) is 99.5 cm³/mol. The molecule has 3 rings (SSSR count). The van der Waals surface area contributed by atoms with Gasteiger partial charge in [0.25, 0.3) is 5.56 Å². The molecular weight excluding hydrogens is 350 g/mol. The number of carbonyl (C=O) groups excluding carboxylic acids is 2. The second kappa shape index (κ2) is 6.19. The third-order valence-corrected chi connectivity index (χ3v) is 5.01. The molecule has 27 heavy (non-hydrogen) atoms. The maximum absolute atomic E-state index is 13.1. The minimum Gasteiger partial charge on any atom is -0.355 e. The molecule has 0 bridgehead atoms. The number of nitrogens with zero attached hydrogens (tertiary/aromatic N) is 4. The summed E-state index contributed by atoms with van der Waals surface area (Å²) < 4.78 is 3.71. The molecule has 9 nitrogen and oxygen atoms in total. The molecule has 1 atom stereocenters.